The van der Waals surface area contributed by atoms with Crippen molar-refractivity contribution in [1.29, 1.82) is 0 Å². The van der Waals surface area contributed by atoms with Crippen LogP contribution in [0, 0.1) is 0 Å². The molecular formula is C17H33Cl2N5O3. The molecule has 3 heterocycles. The number of aliphatic carboxylic acids is 1. The zero-order valence-electron chi connectivity index (χ0n) is 15.8. The maximum Gasteiger partial charge on any atom is 0.341 e. The summed E-state index contributed by atoms with van der Waals surface area (Å²) in [6.07, 6.45) is 4.55. The molecule has 0 saturated carbocycles. The van der Waals surface area contributed by atoms with Gasteiger partial charge in [-0.3, -0.25) is 9.80 Å². The van der Waals surface area contributed by atoms with Crippen LogP contribution < -0.4 is 10.6 Å². The summed E-state index contributed by atoms with van der Waals surface area (Å²) < 4.78 is 0. The number of carbonyl (C=O) groups excluding carboxylic acids is 1. The highest BCUT2D eigenvalue weighted by Crippen LogP contribution is 2.15. The molecule has 3 rings (SSSR count). The van der Waals surface area contributed by atoms with Crippen LogP contribution in [0.2, 0.25) is 0 Å². The Morgan fingerprint density at radius 2 is 1.52 bits per heavy atom. The second-order valence-corrected chi connectivity index (χ2v) is 7.29. The summed E-state index contributed by atoms with van der Waals surface area (Å²) in [4.78, 5) is 30.2. The van der Waals surface area contributed by atoms with Crippen LogP contribution in [0.4, 0.5) is 4.79 Å². The maximum absolute atomic E-state index is 12.5. The molecule has 3 N–H and O–H groups in total. The Bertz CT molecular complexity index is 465. The molecule has 8 nitrogen and oxygen atoms in total. The first-order valence-corrected chi connectivity index (χ1v) is 9.62. The molecular weight excluding hydrogens is 393 g/mol. The minimum atomic E-state index is -0.969. The second kappa shape index (κ2) is 11.9. The number of carbonyl (C=O) groups is 2. The molecule has 2 amide bonds. The van der Waals surface area contributed by atoms with Crippen LogP contribution in [-0.2, 0) is 4.79 Å². The van der Waals surface area contributed by atoms with Crippen LogP contribution in [0.3, 0.4) is 0 Å². The number of hydrogen-bond acceptors (Lipinski definition) is 5. The molecule has 1 atom stereocenters. The fourth-order valence-electron chi connectivity index (χ4n) is 4.16. The molecule has 3 aliphatic rings. The SMILES string of the molecule is Cl.Cl.O=C(O)C(NC(=O)N1CCN(C2CCNCC2)CC1)N1CCCCC1. The van der Waals surface area contributed by atoms with E-state index in [1.165, 1.54) is 12.8 Å². The van der Waals surface area contributed by atoms with Crippen LogP contribution in [0.5, 0.6) is 0 Å². The first-order valence-electron chi connectivity index (χ1n) is 9.62. The zero-order chi connectivity index (χ0) is 17.6. The number of carboxylic acid groups (broad SMARTS) is 1. The number of nitrogens with zero attached hydrogens (tertiary/aromatic N) is 3. The molecule has 0 bridgehead atoms. The molecule has 0 spiro atoms. The van der Waals surface area contributed by atoms with E-state index in [0.717, 1.165) is 58.5 Å². The van der Waals surface area contributed by atoms with Gasteiger partial charge in [0, 0.05) is 45.3 Å². The Labute approximate surface area is 173 Å². The standard InChI is InChI=1S/C17H31N5O3.2ClH/c23-16(24)15(21-8-2-1-3-9-21)19-17(25)22-12-10-20(11-13-22)14-4-6-18-7-5-14;;/h14-15,18H,1-13H2,(H,19,25)(H,23,24);2*1H. The van der Waals surface area contributed by atoms with E-state index in [-0.39, 0.29) is 30.8 Å². The van der Waals surface area contributed by atoms with Crippen molar-refractivity contribution in [3.8, 4) is 0 Å². The van der Waals surface area contributed by atoms with E-state index in [0.29, 0.717) is 19.1 Å². The molecule has 0 aliphatic carbocycles. The number of piperazine rings is 1. The number of carboxylic acids is 1. The van der Waals surface area contributed by atoms with Crippen molar-refractivity contribution in [2.24, 2.45) is 0 Å². The van der Waals surface area contributed by atoms with Gasteiger partial charge in [-0.25, -0.2) is 9.59 Å². The van der Waals surface area contributed by atoms with Gasteiger partial charge in [0.05, 0.1) is 0 Å². The smallest absolute Gasteiger partial charge is 0.341 e. The molecule has 3 aliphatic heterocycles. The van der Waals surface area contributed by atoms with E-state index in [9.17, 15) is 14.7 Å². The summed E-state index contributed by atoms with van der Waals surface area (Å²) in [5.41, 5.74) is 0. The summed E-state index contributed by atoms with van der Waals surface area (Å²) in [5.74, 6) is -0.969. The van der Waals surface area contributed by atoms with Gasteiger partial charge in [-0.15, -0.1) is 24.8 Å². The Balaban J connectivity index is 0.00000182. The topological polar surface area (TPSA) is 88.1 Å². The molecule has 27 heavy (non-hydrogen) atoms. The number of rotatable bonds is 4. The van der Waals surface area contributed by atoms with Gasteiger partial charge in [0.15, 0.2) is 6.17 Å². The maximum atomic E-state index is 12.5. The largest absolute Gasteiger partial charge is 0.479 e. The van der Waals surface area contributed by atoms with E-state index < -0.39 is 12.1 Å². The first-order chi connectivity index (χ1) is 12.1. The summed E-state index contributed by atoms with van der Waals surface area (Å²) in [6.45, 7) is 6.70. The highest BCUT2D eigenvalue weighted by Gasteiger charge is 2.32. The normalized spacial score (nSPS) is 23.6. The minimum absolute atomic E-state index is 0. The van der Waals surface area contributed by atoms with Gasteiger partial charge in [-0.1, -0.05) is 6.42 Å². The molecule has 3 fully saturated rings. The average Bonchev–Trinajstić information content (AvgIpc) is 2.67. The number of amides is 2. The number of halogens is 2. The van der Waals surface area contributed by atoms with Crippen molar-refractivity contribution in [2.45, 2.75) is 44.3 Å². The van der Waals surface area contributed by atoms with E-state index >= 15 is 0 Å². The molecule has 1 unspecified atom stereocenters. The first kappa shape index (κ1) is 24.2. The predicted molar refractivity (Wildman–Crippen MR) is 109 cm³/mol. The van der Waals surface area contributed by atoms with Crippen molar-refractivity contribution < 1.29 is 14.7 Å². The lowest BCUT2D eigenvalue weighted by Gasteiger charge is -2.41. The van der Waals surface area contributed by atoms with Crippen LogP contribution in [0.25, 0.3) is 0 Å². The summed E-state index contributed by atoms with van der Waals surface area (Å²) >= 11 is 0. The van der Waals surface area contributed by atoms with E-state index in [1.807, 2.05) is 4.90 Å². The van der Waals surface area contributed by atoms with Crippen molar-refractivity contribution in [1.82, 2.24) is 25.3 Å². The van der Waals surface area contributed by atoms with Gasteiger partial charge >= 0.3 is 12.0 Å². The number of likely N-dealkylation sites (tertiary alicyclic amines) is 1. The minimum Gasteiger partial charge on any atom is -0.479 e. The summed E-state index contributed by atoms with van der Waals surface area (Å²) in [7, 11) is 0. The quantitative estimate of drug-likeness (QED) is 0.617. The van der Waals surface area contributed by atoms with Gasteiger partial charge in [0.2, 0.25) is 0 Å². The van der Waals surface area contributed by atoms with Crippen molar-refractivity contribution in [3.05, 3.63) is 0 Å². The Hall–Kier alpha value is -0.800. The highest BCUT2D eigenvalue weighted by molar-refractivity contribution is 5.85. The van der Waals surface area contributed by atoms with E-state index in [4.69, 9.17) is 0 Å². The van der Waals surface area contributed by atoms with Crippen molar-refractivity contribution in [2.75, 3.05) is 52.4 Å². The fraction of sp³-hybridized carbons (Fsp3) is 0.882. The lowest BCUT2D eigenvalue weighted by Crippen LogP contribution is -2.60. The third-order valence-corrected chi connectivity index (χ3v) is 5.68. The van der Waals surface area contributed by atoms with Crippen LogP contribution in [0.1, 0.15) is 32.1 Å². The second-order valence-electron chi connectivity index (χ2n) is 7.29. The number of urea groups is 1. The molecule has 0 aromatic heterocycles. The molecule has 0 radical (unpaired) electrons. The van der Waals surface area contributed by atoms with E-state index in [1.54, 1.807) is 4.90 Å². The monoisotopic (exact) mass is 425 g/mol. The van der Waals surface area contributed by atoms with E-state index in [2.05, 4.69) is 15.5 Å². The van der Waals surface area contributed by atoms with Gasteiger partial charge in [0.1, 0.15) is 0 Å². The zero-order valence-corrected chi connectivity index (χ0v) is 17.4. The van der Waals surface area contributed by atoms with Crippen LogP contribution in [0.15, 0.2) is 0 Å². The van der Waals surface area contributed by atoms with Crippen LogP contribution >= 0.6 is 24.8 Å². The third kappa shape index (κ3) is 6.64. The molecule has 3 saturated heterocycles. The Morgan fingerprint density at radius 1 is 0.926 bits per heavy atom. The summed E-state index contributed by atoms with van der Waals surface area (Å²) in [5, 5.41) is 15.6. The third-order valence-electron chi connectivity index (χ3n) is 5.68. The highest BCUT2D eigenvalue weighted by atomic mass is 35.5. The number of nitrogens with one attached hydrogen (secondary N) is 2. The number of hydrogen-bond donors (Lipinski definition) is 3. The molecule has 158 valence electrons. The molecule has 0 aromatic rings. The van der Waals surface area contributed by atoms with Gasteiger partial charge < -0.3 is 20.6 Å². The Morgan fingerprint density at radius 3 is 2.07 bits per heavy atom. The van der Waals surface area contributed by atoms with Gasteiger partial charge in [-0.05, 0) is 38.8 Å². The Kier molecular flexibility index (Phi) is 10.7. The average molecular weight is 426 g/mol. The molecule has 10 heteroatoms. The fourth-order valence-corrected chi connectivity index (χ4v) is 4.16. The lowest BCUT2D eigenvalue weighted by molar-refractivity contribution is -0.144. The van der Waals surface area contributed by atoms with Gasteiger partial charge in [0.25, 0.3) is 0 Å². The number of piperidine rings is 2. The van der Waals surface area contributed by atoms with Crippen LogP contribution in [-0.4, -0.2) is 96.4 Å². The van der Waals surface area contributed by atoms with Crippen molar-refractivity contribution in [3.63, 3.8) is 0 Å². The predicted octanol–water partition coefficient (Wildman–Crippen LogP) is 0.806. The lowest BCUT2D eigenvalue weighted by atomic mass is 10.0. The molecule has 0 aromatic carbocycles. The van der Waals surface area contributed by atoms with Gasteiger partial charge in [-0.2, -0.15) is 0 Å². The summed E-state index contributed by atoms with van der Waals surface area (Å²) in [6, 6.07) is 0.370. The van der Waals surface area contributed by atoms with Crippen molar-refractivity contribution >= 4 is 36.8 Å².